The highest BCUT2D eigenvalue weighted by atomic mass is 35.5. The summed E-state index contributed by atoms with van der Waals surface area (Å²) in [4.78, 5) is 8.18. The lowest BCUT2D eigenvalue weighted by Gasteiger charge is -2.11. The van der Waals surface area contributed by atoms with Gasteiger partial charge in [0.1, 0.15) is 5.69 Å². The zero-order valence-electron chi connectivity index (χ0n) is 13.6. The van der Waals surface area contributed by atoms with Crippen molar-refractivity contribution in [3.8, 4) is 11.3 Å². The fourth-order valence-corrected chi connectivity index (χ4v) is 2.14. The van der Waals surface area contributed by atoms with Gasteiger partial charge in [-0.2, -0.15) is 0 Å². The van der Waals surface area contributed by atoms with Crippen molar-refractivity contribution < 1.29 is 13.5 Å². The average Bonchev–Trinajstić information content (AvgIpc) is 2.54. The Morgan fingerprint density at radius 3 is 2.50 bits per heavy atom. The third kappa shape index (κ3) is 5.69. The molecule has 0 bridgehead atoms. The van der Waals surface area contributed by atoms with Crippen LogP contribution in [-0.2, 0) is 4.74 Å². The largest absolute Gasteiger partial charge is 0.379 e. The fraction of sp³-hybridized carbons (Fsp3) is 0.412. The fourth-order valence-electron chi connectivity index (χ4n) is 2.02. The van der Waals surface area contributed by atoms with Gasteiger partial charge in [0.25, 0.3) is 6.43 Å². The first-order valence-electron chi connectivity index (χ1n) is 7.74. The molecule has 2 rings (SSSR count). The Labute approximate surface area is 145 Å². The van der Waals surface area contributed by atoms with Gasteiger partial charge in [0.2, 0.25) is 5.95 Å². The molecule has 130 valence electrons. The summed E-state index contributed by atoms with van der Waals surface area (Å²) in [6.07, 6.45) is -1.76. The molecule has 0 aliphatic heterocycles. The molecular weight excluding hydrogens is 336 g/mol. The predicted molar refractivity (Wildman–Crippen MR) is 91.6 cm³/mol. The van der Waals surface area contributed by atoms with E-state index in [0.29, 0.717) is 29.4 Å². The first-order chi connectivity index (χ1) is 11.5. The summed E-state index contributed by atoms with van der Waals surface area (Å²) in [6.45, 7) is 5.05. The van der Waals surface area contributed by atoms with Crippen molar-refractivity contribution in [2.45, 2.75) is 32.8 Å². The maximum atomic E-state index is 13.1. The third-order valence-electron chi connectivity index (χ3n) is 3.16. The highest BCUT2D eigenvalue weighted by Gasteiger charge is 2.14. The van der Waals surface area contributed by atoms with Gasteiger partial charge in [0.05, 0.1) is 11.8 Å². The summed E-state index contributed by atoms with van der Waals surface area (Å²) in [6, 6.07) is 8.15. The van der Waals surface area contributed by atoms with E-state index in [1.165, 1.54) is 6.07 Å². The molecule has 1 aromatic carbocycles. The van der Waals surface area contributed by atoms with E-state index < -0.39 is 6.43 Å². The van der Waals surface area contributed by atoms with Crippen LogP contribution in [0.3, 0.4) is 0 Å². The van der Waals surface area contributed by atoms with Crippen molar-refractivity contribution in [1.29, 1.82) is 0 Å². The number of halogens is 3. The molecule has 24 heavy (non-hydrogen) atoms. The minimum Gasteiger partial charge on any atom is -0.379 e. The molecule has 7 heteroatoms. The number of alkyl halides is 2. The number of benzene rings is 1. The molecule has 0 saturated heterocycles. The van der Waals surface area contributed by atoms with E-state index in [1.807, 2.05) is 13.8 Å². The molecule has 0 saturated carbocycles. The number of hydrogen-bond acceptors (Lipinski definition) is 4. The Morgan fingerprint density at radius 2 is 1.88 bits per heavy atom. The Kier molecular flexibility index (Phi) is 6.87. The topological polar surface area (TPSA) is 47.0 Å². The maximum Gasteiger partial charge on any atom is 0.280 e. The van der Waals surface area contributed by atoms with Gasteiger partial charge in [-0.3, -0.25) is 0 Å². The summed E-state index contributed by atoms with van der Waals surface area (Å²) >= 11 is 5.86. The van der Waals surface area contributed by atoms with Crippen LogP contribution in [0.2, 0.25) is 5.02 Å². The van der Waals surface area contributed by atoms with Gasteiger partial charge >= 0.3 is 0 Å². The quantitative estimate of drug-likeness (QED) is 0.680. The number of anilines is 1. The molecule has 1 aromatic heterocycles. The number of rotatable bonds is 8. The molecule has 0 fully saturated rings. The molecule has 1 N–H and O–H groups in total. The molecule has 0 aliphatic rings. The van der Waals surface area contributed by atoms with Gasteiger partial charge in [-0.25, -0.2) is 18.7 Å². The van der Waals surface area contributed by atoms with Crippen molar-refractivity contribution in [3.05, 3.63) is 41.0 Å². The highest BCUT2D eigenvalue weighted by Crippen LogP contribution is 2.25. The van der Waals surface area contributed by atoms with Crippen LogP contribution in [0.5, 0.6) is 0 Å². The average molecular weight is 356 g/mol. The van der Waals surface area contributed by atoms with Gasteiger partial charge in [-0.1, -0.05) is 23.7 Å². The molecule has 0 atom stereocenters. The normalized spacial score (nSPS) is 11.3. The summed E-state index contributed by atoms with van der Waals surface area (Å²) < 4.78 is 31.6. The Bertz CT molecular complexity index is 651. The zero-order chi connectivity index (χ0) is 17.5. The second-order valence-electron chi connectivity index (χ2n) is 5.51. The second kappa shape index (κ2) is 8.89. The molecule has 0 amide bonds. The van der Waals surface area contributed by atoms with Crippen LogP contribution in [0.15, 0.2) is 30.3 Å². The van der Waals surface area contributed by atoms with E-state index in [1.54, 1.807) is 24.3 Å². The van der Waals surface area contributed by atoms with Crippen molar-refractivity contribution in [2.75, 3.05) is 18.5 Å². The van der Waals surface area contributed by atoms with Crippen molar-refractivity contribution in [2.24, 2.45) is 0 Å². The minimum absolute atomic E-state index is 0.167. The Hall–Kier alpha value is -1.79. The van der Waals surface area contributed by atoms with Gasteiger partial charge in [-0.15, -0.1) is 0 Å². The van der Waals surface area contributed by atoms with Crippen LogP contribution in [0.4, 0.5) is 14.7 Å². The smallest absolute Gasteiger partial charge is 0.280 e. The van der Waals surface area contributed by atoms with Gasteiger partial charge in [-0.05, 0) is 38.5 Å². The van der Waals surface area contributed by atoms with Crippen LogP contribution >= 0.6 is 11.6 Å². The van der Waals surface area contributed by atoms with E-state index in [9.17, 15) is 8.78 Å². The zero-order valence-corrected chi connectivity index (χ0v) is 14.4. The lowest BCUT2D eigenvalue weighted by molar-refractivity contribution is 0.0787. The van der Waals surface area contributed by atoms with E-state index in [0.717, 1.165) is 6.42 Å². The molecule has 0 aliphatic carbocycles. The molecule has 1 heterocycles. The first-order valence-corrected chi connectivity index (χ1v) is 8.12. The van der Waals surface area contributed by atoms with E-state index >= 15 is 0 Å². The third-order valence-corrected chi connectivity index (χ3v) is 3.42. The summed E-state index contributed by atoms with van der Waals surface area (Å²) in [7, 11) is 0. The van der Waals surface area contributed by atoms with E-state index in [2.05, 4.69) is 15.3 Å². The monoisotopic (exact) mass is 355 g/mol. The maximum absolute atomic E-state index is 13.1. The summed E-state index contributed by atoms with van der Waals surface area (Å²) in [5.41, 5.74) is 0.823. The van der Waals surface area contributed by atoms with Crippen molar-refractivity contribution in [1.82, 2.24) is 9.97 Å². The minimum atomic E-state index is -2.66. The SMILES string of the molecule is CC(C)OCCCNc1nc(-c2ccc(Cl)cc2)cc(C(F)F)n1. The van der Waals surface area contributed by atoms with Gasteiger partial charge < -0.3 is 10.1 Å². The molecule has 4 nitrogen and oxygen atoms in total. The number of ether oxygens (including phenoxy) is 1. The van der Waals surface area contributed by atoms with Crippen LogP contribution < -0.4 is 5.32 Å². The number of nitrogens with zero attached hydrogens (tertiary/aromatic N) is 2. The number of nitrogens with one attached hydrogen (secondary N) is 1. The first kappa shape index (κ1) is 18.5. The predicted octanol–water partition coefficient (Wildman–Crippen LogP) is 4.96. The number of aromatic nitrogens is 2. The second-order valence-corrected chi connectivity index (χ2v) is 5.95. The molecule has 0 spiro atoms. The highest BCUT2D eigenvalue weighted by molar-refractivity contribution is 6.30. The van der Waals surface area contributed by atoms with E-state index in [4.69, 9.17) is 16.3 Å². The lowest BCUT2D eigenvalue weighted by Crippen LogP contribution is -2.11. The molecule has 2 aromatic rings. The summed E-state index contributed by atoms with van der Waals surface area (Å²) in [5.74, 6) is 0.183. The van der Waals surface area contributed by atoms with E-state index in [-0.39, 0.29) is 17.7 Å². The van der Waals surface area contributed by atoms with Gasteiger partial charge in [0.15, 0.2) is 0 Å². The van der Waals surface area contributed by atoms with Gasteiger partial charge in [0, 0.05) is 23.7 Å². The lowest BCUT2D eigenvalue weighted by atomic mass is 10.1. The van der Waals surface area contributed by atoms with Crippen LogP contribution in [0, 0.1) is 0 Å². The molecular formula is C17H20ClF2N3O. The van der Waals surface area contributed by atoms with Crippen LogP contribution in [0.25, 0.3) is 11.3 Å². The Morgan fingerprint density at radius 1 is 1.17 bits per heavy atom. The standard InChI is InChI=1S/C17H20ClF2N3O/c1-11(2)24-9-3-8-21-17-22-14(10-15(23-17)16(19)20)12-4-6-13(18)7-5-12/h4-7,10-11,16H,3,8-9H2,1-2H3,(H,21,22,23). The number of hydrogen-bond donors (Lipinski definition) is 1. The van der Waals surface area contributed by atoms with Crippen LogP contribution in [0.1, 0.15) is 32.4 Å². The van der Waals surface area contributed by atoms with Crippen molar-refractivity contribution in [3.63, 3.8) is 0 Å². The van der Waals surface area contributed by atoms with Crippen LogP contribution in [-0.4, -0.2) is 29.2 Å². The molecule has 0 unspecified atom stereocenters. The van der Waals surface area contributed by atoms with Crippen molar-refractivity contribution >= 4 is 17.5 Å². The molecule has 0 radical (unpaired) electrons. The Balaban J connectivity index is 2.11. The summed E-state index contributed by atoms with van der Waals surface area (Å²) in [5, 5.41) is 3.55.